The summed E-state index contributed by atoms with van der Waals surface area (Å²) in [5.41, 5.74) is 1.60. The lowest BCUT2D eigenvalue weighted by Crippen LogP contribution is -2.31. The van der Waals surface area contributed by atoms with Crippen molar-refractivity contribution in [2.75, 3.05) is 6.61 Å². The Bertz CT molecular complexity index is 440. The maximum Gasteiger partial charge on any atom is 0.244 e. The monoisotopic (exact) mass is 265 g/mol. The minimum Gasteiger partial charge on any atom is -0.396 e. The van der Waals surface area contributed by atoms with Crippen molar-refractivity contribution in [1.29, 1.82) is 0 Å². The van der Waals surface area contributed by atoms with E-state index in [1.165, 1.54) is 18.2 Å². The van der Waals surface area contributed by atoms with E-state index in [2.05, 4.69) is 5.32 Å². The van der Waals surface area contributed by atoms with Gasteiger partial charge in [-0.3, -0.25) is 4.79 Å². The van der Waals surface area contributed by atoms with Gasteiger partial charge in [-0.25, -0.2) is 4.39 Å². The number of carbonyl (C=O) groups excluding carboxylic acids is 1. The molecule has 0 aliphatic heterocycles. The third-order valence-electron chi connectivity index (χ3n) is 2.83. The molecule has 0 heterocycles. The van der Waals surface area contributed by atoms with Crippen LogP contribution in [0.25, 0.3) is 5.57 Å². The molecule has 1 rings (SSSR count). The Kier molecular flexibility index (Phi) is 6.22. The van der Waals surface area contributed by atoms with Crippen molar-refractivity contribution in [1.82, 2.24) is 5.32 Å². The van der Waals surface area contributed by atoms with E-state index in [0.717, 1.165) is 17.6 Å². The fourth-order valence-corrected chi connectivity index (χ4v) is 1.75. The number of benzene rings is 1. The summed E-state index contributed by atoms with van der Waals surface area (Å²) in [4.78, 5) is 11.7. The smallest absolute Gasteiger partial charge is 0.244 e. The van der Waals surface area contributed by atoms with Crippen molar-refractivity contribution in [2.45, 2.75) is 32.7 Å². The number of carbonyl (C=O) groups is 1. The summed E-state index contributed by atoms with van der Waals surface area (Å²) in [5.74, 6) is -0.467. The van der Waals surface area contributed by atoms with Crippen LogP contribution in [0.5, 0.6) is 0 Å². The van der Waals surface area contributed by atoms with Crippen LogP contribution in [0.1, 0.15) is 32.3 Å². The van der Waals surface area contributed by atoms with Gasteiger partial charge in [0.25, 0.3) is 0 Å². The van der Waals surface area contributed by atoms with Gasteiger partial charge in [0, 0.05) is 18.7 Å². The quantitative estimate of drug-likeness (QED) is 0.776. The summed E-state index contributed by atoms with van der Waals surface area (Å²) in [6.07, 6.45) is 2.91. The molecule has 0 saturated heterocycles. The predicted molar refractivity (Wildman–Crippen MR) is 74.0 cm³/mol. The van der Waals surface area contributed by atoms with Crippen molar-refractivity contribution in [2.24, 2.45) is 0 Å². The number of halogens is 1. The van der Waals surface area contributed by atoms with Crippen LogP contribution in [-0.2, 0) is 4.79 Å². The zero-order valence-electron chi connectivity index (χ0n) is 11.3. The van der Waals surface area contributed by atoms with E-state index in [1.54, 1.807) is 12.1 Å². The SMILES string of the molecule is C/C(=C/C(=O)NC(C)CCCO)c1ccc(F)cc1. The lowest BCUT2D eigenvalue weighted by atomic mass is 10.1. The molecule has 0 aromatic heterocycles. The second-order valence-corrected chi connectivity index (χ2v) is 4.61. The first-order valence-corrected chi connectivity index (χ1v) is 6.38. The molecule has 1 aromatic rings. The zero-order chi connectivity index (χ0) is 14.3. The van der Waals surface area contributed by atoms with Gasteiger partial charge >= 0.3 is 0 Å². The number of aliphatic hydroxyl groups is 1. The maximum absolute atomic E-state index is 12.8. The molecule has 0 radical (unpaired) electrons. The summed E-state index contributed by atoms with van der Waals surface area (Å²) in [7, 11) is 0. The van der Waals surface area contributed by atoms with Crippen LogP contribution in [0.3, 0.4) is 0 Å². The Morgan fingerprint density at radius 2 is 2.05 bits per heavy atom. The highest BCUT2D eigenvalue weighted by molar-refractivity contribution is 5.94. The van der Waals surface area contributed by atoms with Crippen LogP contribution in [0, 0.1) is 5.82 Å². The van der Waals surface area contributed by atoms with Crippen LogP contribution in [0.2, 0.25) is 0 Å². The average molecular weight is 265 g/mol. The zero-order valence-corrected chi connectivity index (χ0v) is 11.3. The van der Waals surface area contributed by atoms with Crippen LogP contribution in [0.15, 0.2) is 30.3 Å². The minimum absolute atomic E-state index is 0.0249. The van der Waals surface area contributed by atoms with E-state index in [1.807, 2.05) is 13.8 Å². The highest BCUT2D eigenvalue weighted by Gasteiger charge is 2.05. The van der Waals surface area contributed by atoms with Gasteiger partial charge in [-0.15, -0.1) is 0 Å². The Morgan fingerprint density at radius 3 is 2.63 bits per heavy atom. The normalized spacial score (nSPS) is 13.2. The van der Waals surface area contributed by atoms with Gasteiger partial charge in [-0.2, -0.15) is 0 Å². The van der Waals surface area contributed by atoms with E-state index >= 15 is 0 Å². The summed E-state index contributed by atoms with van der Waals surface area (Å²) in [5, 5.41) is 11.5. The van der Waals surface area contributed by atoms with Crippen LogP contribution < -0.4 is 5.32 Å². The molecular weight excluding hydrogens is 245 g/mol. The van der Waals surface area contributed by atoms with E-state index < -0.39 is 0 Å². The van der Waals surface area contributed by atoms with Gasteiger partial charge in [0.05, 0.1) is 0 Å². The summed E-state index contributed by atoms with van der Waals surface area (Å²) in [6.45, 7) is 3.84. The lowest BCUT2D eigenvalue weighted by molar-refractivity contribution is -0.117. The highest BCUT2D eigenvalue weighted by atomic mass is 19.1. The van der Waals surface area contributed by atoms with Crippen molar-refractivity contribution >= 4 is 11.5 Å². The molecule has 0 spiro atoms. The first-order valence-electron chi connectivity index (χ1n) is 6.38. The molecule has 0 saturated carbocycles. The summed E-state index contributed by atoms with van der Waals surface area (Å²) < 4.78 is 12.8. The van der Waals surface area contributed by atoms with Crippen molar-refractivity contribution in [3.63, 3.8) is 0 Å². The molecule has 0 aliphatic rings. The number of amides is 1. The molecule has 2 N–H and O–H groups in total. The highest BCUT2D eigenvalue weighted by Crippen LogP contribution is 2.13. The predicted octanol–water partition coefficient (Wildman–Crippen LogP) is 2.51. The molecule has 19 heavy (non-hydrogen) atoms. The number of rotatable bonds is 6. The lowest BCUT2D eigenvalue weighted by Gasteiger charge is -2.11. The van der Waals surface area contributed by atoms with Gasteiger partial charge in [-0.05, 0) is 50.0 Å². The molecule has 3 nitrogen and oxygen atoms in total. The van der Waals surface area contributed by atoms with Crippen molar-refractivity contribution in [3.8, 4) is 0 Å². The number of hydrogen-bond acceptors (Lipinski definition) is 2. The van der Waals surface area contributed by atoms with E-state index in [4.69, 9.17) is 5.11 Å². The third kappa shape index (κ3) is 5.66. The van der Waals surface area contributed by atoms with Gasteiger partial charge in [-0.1, -0.05) is 12.1 Å². The molecule has 104 valence electrons. The second kappa shape index (κ2) is 7.69. The van der Waals surface area contributed by atoms with E-state index in [9.17, 15) is 9.18 Å². The van der Waals surface area contributed by atoms with Crippen LogP contribution >= 0.6 is 0 Å². The Hall–Kier alpha value is -1.68. The minimum atomic E-state index is -0.293. The largest absolute Gasteiger partial charge is 0.396 e. The van der Waals surface area contributed by atoms with Gasteiger partial charge in [0.2, 0.25) is 5.91 Å². The standard InChI is InChI=1S/C15H20FNO2/c1-11(13-5-7-14(16)8-6-13)10-15(19)17-12(2)4-3-9-18/h5-8,10,12,18H,3-4,9H2,1-2H3,(H,17,19)/b11-10-. The van der Waals surface area contributed by atoms with Crippen LogP contribution in [-0.4, -0.2) is 23.7 Å². The molecule has 0 fully saturated rings. The third-order valence-corrected chi connectivity index (χ3v) is 2.83. The molecule has 0 bridgehead atoms. The van der Waals surface area contributed by atoms with Crippen LogP contribution in [0.4, 0.5) is 4.39 Å². The molecule has 1 unspecified atom stereocenters. The van der Waals surface area contributed by atoms with Gasteiger partial charge in [0.15, 0.2) is 0 Å². The second-order valence-electron chi connectivity index (χ2n) is 4.61. The van der Waals surface area contributed by atoms with E-state index in [0.29, 0.717) is 6.42 Å². The molecule has 0 aliphatic carbocycles. The Balaban J connectivity index is 2.58. The fourth-order valence-electron chi connectivity index (χ4n) is 1.75. The van der Waals surface area contributed by atoms with Crippen molar-refractivity contribution < 1.29 is 14.3 Å². The summed E-state index contributed by atoms with van der Waals surface area (Å²) >= 11 is 0. The fraction of sp³-hybridized carbons (Fsp3) is 0.400. The van der Waals surface area contributed by atoms with Crippen molar-refractivity contribution in [3.05, 3.63) is 41.7 Å². The van der Waals surface area contributed by atoms with E-state index in [-0.39, 0.29) is 24.4 Å². The number of hydrogen-bond donors (Lipinski definition) is 2. The van der Waals surface area contributed by atoms with Gasteiger partial charge in [0.1, 0.15) is 5.82 Å². The van der Waals surface area contributed by atoms with Gasteiger partial charge < -0.3 is 10.4 Å². The molecule has 1 aromatic carbocycles. The molecular formula is C15H20FNO2. The topological polar surface area (TPSA) is 49.3 Å². The first kappa shape index (κ1) is 15.4. The maximum atomic E-state index is 12.8. The summed E-state index contributed by atoms with van der Waals surface area (Å²) in [6, 6.07) is 6.05. The Morgan fingerprint density at radius 1 is 1.42 bits per heavy atom. The molecule has 1 atom stereocenters. The molecule has 1 amide bonds. The number of allylic oxidation sites excluding steroid dienone is 1. The Labute approximate surface area is 113 Å². The molecule has 4 heteroatoms. The number of nitrogens with one attached hydrogen (secondary N) is 1. The first-order chi connectivity index (χ1) is 9.02. The number of aliphatic hydroxyl groups excluding tert-OH is 1. The average Bonchev–Trinajstić information content (AvgIpc) is 2.36.